The van der Waals surface area contributed by atoms with Crippen molar-refractivity contribution >= 4 is 27.3 Å². The van der Waals surface area contributed by atoms with Crippen LogP contribution >= 0.6 is 11.3 Å². The van der Waals surface area contributed by atoms with Crippen molar-refractivity contribution in [3.05, 3.63) is 52.2 Å². The fourth-order valence-corrected chi connectivity index (χ4v) is 5.01. The minimum atomic E-state index is -3.48. The maximum absolute atomic E-state index is 12.7. The lowest BCUT2D eigenvalue weighted by Gasteiger charge is -2.34. The van der Waals surface area contributed by atoms with Crippen LogP contribution in [0.15, 0.2) is 46.0 Å². The molecule has 1 aliphatic heterocycles. The van der Waals surface area contributed by atoms with Crippen molar-refractivity contribution in [2.24, 2.45) is 0 Å². The number of nitrogens with zero attached hydrogens (tertiary/aromatic N) is 2. The van der Waals surface area contributed by atoms with Gasteiger partial charge in [-0.2, -0.15) is 15.6 Å². The van der Waals surface area contributed by atoms with Gasteiger partial charge in [0.05, 0.1) is 4.90 Å². The Labute approximate surface area is 152 Å². The van der Waals surface area contributed by atoms with Gasteiger partial charge in [-0.1, -0.05) is 17.7 Å². The van der Waals surface area contributed by atoms with Gasteiger partial charge >= 0.3 is 0 Å². The van der Waals surface area contributed by atoms with Crippen LogP contribution in [0.25, 0.3) is 0 Å². The maximum Gasteiger partial charge on any atom is 0.243 e. The van der Waals surface area contributed by atoms with Crippen LogP contribution in [-0.4, -0.2) is 49.7 Å². The molecule has 2 aromatic rings. The molecule has 1 fully saturated rings. The molecule has 134 valence electrons. The number of hydrogen-bond donors (Lipinski definition) is 0. The molecule has 0 saturated carbocycles. The van der Waals surface area contributed by atoms with E-state index in [2.05, 4.69) is 5.38 Å². The molecule has 0 radical (unpaired) electrons. The van der Waals surface area contributed by atoms with Crippen molar-refractivity contribution in [2.45, 2.75) is 24.7 Å². The summed E-state index contributed by atoms with van der Waals surface area (Å²) < 4.78 is 26.8. The van der Waals surface area contributed by atoms with E-state index < -0.39 is 10.0 Å². The summed E-state index contributed by atoms with van der Waals surface area (Å²) in [5.41, 5.74) is 2.21. The van der Waals surface area contributed by atoms with Crippen molar-refractivity contribution in [1.82, 2.24) is 9.21 Å². The van der Waals surface area contributed by atoms with Gasteiger partial charge in [0.25, 0.3) is 0 Å². The van der Waals surface area contributed by atoms with Gasteiger partial charge in [-0.25, -0.2) is 8.42 Å². The Morgan fingerprint density at radius 2 is 1.76 bits per heavy atom. The Hall–Kier alpha value is -1.70. The number of amides is 1. The van der Waals surface area contributed by atoms with Crippen LogP contribution in [0.2, 0.25) is 0 Å². The highest BCUT2D eigenvalue weighted by atomic mass is 32.2. The Morgan fingerprint density at radius 3 is 2.36 bits per heavy atom. The third-order valence-electron chi connectivity index (χ3n) is 4.46. The maximum atomic E-state index is 12.7. The predicted octanol–water partition coefficient (Wildman–Crippen LogP) is 2.52. The lowest BCUT2D eigenvalue weighted by Crippen LogP contribution is -2.50. The molecule has 5 nitrogen and oxygen atoms in total. The predicted molar refractivity (Wildman–Crippen MR) is 99.2 cm³/mol. The van der Waals surface area contributed by atoms with Crippen LogP contribution in [0.1, 0.15) is 17.5 Å². The first-order valence-electron chi connectivity index (χ1n) is 8.32. The molecule has 1 aromatic carbocycles. The van der Waals surface area contributed by atoms with Gasteiger partial charge in [0.15, 0.2) is 0 Å². The van der Waals surface area contributed by atoms with E-state index in [1.807, 2.05) is 18.4 Å². The van der Waals surface area contributed by atoms with Crippen molar-refractivity contribution in [3.8, 4) is 0 Å². The second-order valence-electron chi connectivity index (χ2n) is 6.23. The standard InChI is InChI=1S/C18H22N2O3S2/c1-15-2-5-17(6-3-15)25(22,23)20-11-9-19(10-12-20)18(21)7-4-16-8-13-24-14-16/h2-3,5-6,8,13-14H,4,7,9-12H2,1H3. The summed E-state index contributed by atoms with van der Waals surface area (Å²) in [6.07, 6.45) is 1.21. The highest BCUT2D eigenvalue weighted by Gasteiger charge is 2.29. The molecular weight excluding hydrogens is 356 g/mol. The zero-order chi connectivity index (χ0) is 17.9. The van der Waals surface area contributed by atoms with E-state index in [1.165, 1.54) is 9.87 Å². The largest absolute Gasteiger partial charge is 0.340 e. The van der Waals surface area contributed by atoms with E-state index in [1.54, 1.807) is 40.5 Å². The summed E-state index contributed by atoms with van der Waals surface area (Å²) in [6, 6.07) is 8.92. The molecule has 1 aliphatic rings. The fraction of sp³-hybridized carbons (Fsp3) is 0.389. The second-order valence-corrected chi connectivity index (χ2v) is 8.95. The summed E-state index contributed by atoms with van der Waals surface area (Å²) in [6.45, 7) is 3.53. The Kier molecular flexibility index (Phi) is 5.56. The molecule has 3 rings (SSSR count). The van der Waals surface area contributed by atoms with Gasteiger partial charge in [0.1, 0.15) is 0 Å². The van der Waals surface area contributed by atoms with Crippen LogP contribution in [0.3, 0.4) is 0 Å². The highest BCUT2D eigenvalue weighted by Crippen LogP contribution is 2.19. The molecule has 2 heterocycles. The third kappa shape index (κ3) is 4.29. The third-order valence-corrected chi connectivity index (χ3v) is 7.10. The number of thiophene rings is 1. The topological polar surface area (TPSA) is 57.7 Å². The smallest absolute Gasteiger partial charge is 0.243 e. The van der Waals surface area contributed by atoms with Crippen molar-refractivity contribution in [3.63, 3.8) is 0 Å². The van der Waals surface area contributed by atoms with Crippen LogP contribution in [0.4, 0.5) is 0 Å². The summed E-state index contributed by atoms with van der Waals surface area (Å²) in [5.74, 6) is 0.0959. The number of carbonyl (C=O) groups is 1. The fourth-order valence-electron chi connectivity index (χ4n) is 2.88. The Balaban J connectivity index is 1.55. The molecule has 0 bridgehead atoms. The molecular formula is C18H22N2O3S2. The van der Waals surface area contributed by atoms with Crippen molar-refractivity contribution < 1.29 is 13.2 Å². The molecule has 0 N–H and O–H groups in total. The average molecular weight is 379 g/mol. The van der Waals surface area contributed by atoms with Gasteiger partial charge < -0.3 is 4.90 Å². The number of sulfonamides is 1. The first kappa shape index (κ1) is 18.1. The van der Waals surface area contributed by atoms with Gasteiger partial charge in [-0.3, -0.25) is 4.79 Å². The lowest BCUT2D eigenvalue weighted by molar-refractivity contribution is -0.132. The number of benzene rings is 1. The zero-order valence-electron chi connectivity index (χ0n) is 14.2. The first-order chi connectivity index (χ1) is 12.0. The van der Waals surface area contributed by atoms with E-state index in [9.17, 15) is 13.2 Å². The molecule has 1 amide bonds. The molecule has 7 heteroatoms. The van der Waals surface area contributed by atoms with Crippen molar-refractivity contribution in [2.75, 3.05) is 26.2 Å². The number of hydrogen-bond acceptors (Lipinski definition) is 4. The highest BCUT2D eigenvalue weighted by molar-refractivity contribution is 7.89. The van der Waals surface area contributed by atoms with Crippen LogP contribution < -0.4 is 0 Å². The lowest BCUT2D eigenvalue weighted by atomic mass is 10.1. The van der Waals surface area contributed by atoms with Crippen LogP contribution in [0, 0.1) is 6.92 Å². The van der Waals surface area contributed by atoms with Gasteiger partial charge in [0, 0.05) is 32.6 Å². The normalized spacial score (nSPS) is 16.1. The molecule has 1 aromatic heterocycles. The SMILES string of the molecule is Cc1ccc(S(=O)(=O)N2CCN(C(=O)CCc3ccsc3)CC2)cc1. The van der Waals surface area contributed by atoms with Gasteiger partial charge in [0.2, 0.25) is 15.9 Å². The monoisotopic (exact) mass is 378 g/mol. The molecule has 0 aliphatic carbocycles. The molecule has 0 atom stereocenters. The van der Waals surface area contributed by atoms with Gasteiger partial charge in [-0.05, 0) is 47.9 Å². The quantitative estimate of drug-likeness (QED) is 0.803. The van der Waals surface area contributed by atoms with E-state index in [0.717, 1.165) is 12.0 Å². The van der Waals surface area contributed by atoms with E-state index in [-0.39, 0.29) is 5.91 Å². The first-order valence-corrected chi connectivity index (χ1v) is 10.7. The molecule has 0 unspecified atom stereocenters. The molecule has 0 spiro atoms. The van der Waals surface area contributed by atoms with E-state index in [0.29, 0.717) is 37.5 Å². The van der Waals surface area contributed by atoms with Gasteiger partial charge in [-0.15, -0.1) is 0 Å². The summed E-state index contributed by atoms with van der Waals surface area (Å²) in [5, 5.41) is 4.06. The Morgan fingerprint density at radius 1 is 1.08 bits per heavy atom. The Bertz CT molecular complexity index is 807. The number of piperazine rings is 1. The van der Waals surface area contributed by atoms with Crippen molar-refractivity contribution in [1.29, 1.82) is 0 Å². The minimum Gasteiger partial charge on any atom is -0.340 e. The summed E-state index contributed by atoms with van der Waals surface area (Å²) >= 11 is 1.63. The van der Waals surface area contributed by atoms with Crippen LogP contribution in [0.5, 0.6) is 0 Å². The minimum absolute atomic E-state index is 0.0959. The number of carbonyl (C=O) groups excluding carboxylic acids is 1. The molecule has 25 heavy (non-hydrogen) atoms. The number of aryl methyl sites for hydroxylation is 2. The molecule has 1 saturated heterocycles. The summed E-state index contributed by atoms with van der Waals surface area (Å²) in [4.78, 5) is 14.4. The summed E-state index contributed by atoms with van der Waals surface area (Å²) in [7, 11) is -3.48. The van der Waals surface area contributed by atoms with E-state index in [4.69, 9.17) is 0 Å². The second kappa shape index (κ2) is 7.68. The van der Waals surface area contributed by atoms with E-state index >= 15 is 0 Å². The zero-order valence-corrected chi connectivity index (χ0v) is 15.9. The average Bonchev–Trinajstić information content (AvgIpc) is 3.14. The number of rotatable bonds is 5. The van der Waals surface area contributed by atoms with Crippen LogP contribution in [-0.2, 0) is 21.2 Å².